The van der Waals surface area contributed by atoms with Crippen LogP contribution in [-0.4, -0.2) is 62.4 Å². The number of phenols is 1. The summed E-state index contributed by atoms with van der Waals surface area (Å²) in [6, 6.07) is 4.98. The first-order valence-electron chi connectivity index (χ1n) is 13.4. The van der Waals surface area contributed by atoms with Crippen LogP contribution in [0.4, 0.5) is 10.5 Å². The van der Waals surface area contributed by atoms with Gasteiger partial charge in [0.05, 0.1) is 22.9 Å². The van der Waals surface area contributed by atoms with Gasteiger partial charge in [0.25, 0.3) is 0 Å². The number of anilines is 1. The third-order valence-corrected chi connectivity index (χ3v) is 7.86. The third kappa shape index (κ3) is 3.84. The first-order valence-corrected chi connectivity index (χ1v) is 13.4. The molecule has 10 heteroatoms. The molecule has 4 aliphatic rings. The molecule has 1 saturated heterocycles. The van der Waals surface area contributed by atoms with E-state index in [1.165, 1.54) is 37.3 Å². The number of rotatable bonds is 3. The van der Waals surface area contributed by atoms with Crippen molar-refractivity contribution in [1.82, 2.24) is 5.32 Å². The minimum atomic E-state index is -1.63. The van der Waals surface area contributed by atoms with E-state index >= 15 is 0 Å². The average Bonchev–Trinajstić information content (AvgIpc) is 3.65. The predicted octanol–water partition coefficient (Wildman–Crippen LogP) is 2.27. The van der Waals surface area contributed by atoms with E-state index in [1.807, 2.05) is 0 Å². The summed E-state index contributed by atoms with van der Waals surface area (Å²) in [4.78, 5) is 39.9. The van der Waals surface area contributed by atoms with Crippen molar-refractivity contribution in [2.24, 2.45) is 0 Å². The molecule has 1 fully saturated rings. The fourth-order valence-corrected chi connectivity index (χ4v) is 6.09. The fraction of sp³-hybridized carbons (Fsp3) is 0.344. The fourth-order valence-electron chi connectivity index (χ4n) is 6.09. The van der Waals surface area contributed by atoms with Gasteiger partial charge in [-0.3, -0.25) is 9.59 Å². The minimum Gasteiger partial charge on any atom is -0.507 e. The number of alkyl carbamates (subject to hydrolysis) is 1. The summed E-state index contributed by atoms with van der Waals surface area (Å²) in [5.74, 6) is 9.62. The quantitative estimate of drug-likeness (QED) is 0.182. The Morgan fingerprint density at radius 1 is 1.12 bits per heavy atom. The highest BCUT2D eigenvalue weighted by molar-refractivity contribution is 6.31. The Kier molecular flexibility index (Phi) is 6.03. The first-order chi connectivity index (χ1) is 19.8. The molecule has 2 aromatic carbocycles. The van der Waals surface area contributed by atoms with Crippen molar-refractivity contribution >= 4 is 23.3 Å². The van der Waals surface area contributed by atoms with E-state index in [1.54, 1.807) is 26.8 Å². The number of allylic oxidation sites excluding steroid dienone is 2. The molecule has 5 atom stereocenters. The van der Waals surface area contributed by atoms with E-state index in [0.717, 1.165) is 0 Å². The number of carbonyl (C=O) groups excluding carboxylic acids is 3. The highest BCUT2D eigenvalue weighted by Gasteiger charge is 2.82. The van der Waals surface area contributed by atoms with Crippen LogP contribution in [0.25, 0.3) is 0 Å². The van der Waals surface area contributed by atoms with Gasteiger partial charge in [0.2, 0.25) is 0 Å². The van der Waals surface area contributed by atoms with Crippen molar-refractivity contribution in [2.75, 3.05) is 5.32 Å². The molecule has 0 saturated carbocycles. The lowest BCUT2D eigenvalue weighted by Crippen LogP contribution is -2.54. The highest BCUT2D eigenvalue weighted by atomic mass is 16.7. The second kappa shape index (κ2) is 9.20. The van der Waals surface area contributed by atoms with Gasteiger partial charge in [0.15, 0.2) is 28.9 Å². The standard InChI is InChI=1S/C32H28N2O8/c1-16(35)31-22-9-7-5-6-8-10-23(37)32(31,42-31)20-14-21(36)24-25(26(20)34-22)27(38)18-12-11-17(13-19(18)28(24)39)15-33-29(40)41-30(2,3)4/h5-6,11-14,16,22-23,34-37H,15H2,1-4H3,(H,33,40)/b6-5-/t16-,22?,23-,31+,32+/m1/s1. The molecule has 0 aromatic heterocycles. The second-order valence-electron chi connectivity index (χ2n) is 11.7. The van der Waals surface area contributed by atoms with Crippen molar-refractivity contribution in [3.63, 3.8) is 0 Å². The number of amides is 1. The van der Waals surface area contributed by atoms with Crippen LogP contribution in [-0.2, 0) is 21.6 Å². The number of hydrogen-bond donors (Lipinski definition) is 5. The normalized spacial score (nSPS) is 27.6. The Labute approximate surface area is 241 Å². The molecular weight excluding hydrogens is 540 g/mol. The lowest BCUT2D eigenvalue weighted by molar-refractivity contribution is 0.0523. The number of nitrogens with one attached hydrogen (secondary N) is 2. The number of ether oxygens (including phenoxy) is 2. The number of fused-ring (bicyclic) bond motifs is 4. The topological polar surface area (TPSA) is 158 Å². The number of ketones is 2. The van der Waals surface area contributed by atoms with Crippen LogP contribution in [0.2, 0.25) is 0 Å². The zero-order chi connectivity index (χ0) is 30.2. The summed E-state index contributed by atoms with van der Waals surface area (Å²) < 4.78 is 11.4. The Balaban J connectivity index is 1.45. The second-order valence-corrected chi connectivity index (χ2v) is 11.7. The van der Waals surface area contributed by atoms with Crippen LogP contribution >= 0.6 is 0 Å². The summed E-state index contributed by atoms with van der Waals surface area (Å²) >= 11 is 0. The molecule has 2 bridgehead atoms. The number of benzene rings is 2. The van der Waals surface area contributed by atoms with Crippen molar-refractivity contribution in [1.29, 1.82) is 0 Å². The molecule has 10 nitrogen and oxygen atoms in total. The van der Waals surface area contributed by atoms with E-state index in [2.05, 4.69) is 34.3 Å². The van der Waals surface area contributed by atoms with Crippen molar-refractivity contribution in [2.45, 2.75) is 69.3 Å². The van der Waals surface area contributed by atoms with Gasteiger partial charge in [-0.1, -0.05) is 29.7 Å². The molecule has 214 valence electrons. The predicted molar refractivity (Wildman–Crippen MR) is 150 cm³/mol. The summed E-state index contributed by atoms with van der Waals surface area (Å²) in [6.45, 7) is 6.77. The number of epoxide rings is 1. The van der Waals surface area contributed by atoms with E-state index in [0.29, 0.717) is 5.56 Å². The van der Waals surface area contributed by atoms with Crippen molar-refractivity contribution < 1.29 is 39.2 Å². The Bertz CT molecular complexity index is 1750. The van der Waals surface area contributed by atoms with Gasteiger partial charge in [-0.15, -0.1) is 0 Å². The molecule has 2 aromatic rings. The average molecular weight is 569 g/mol. The van der Waals surface area contributed by atoms with E-state index < -0.39 is 58.5 Å². The summed E-state index contributed by atoms with van der Waals surface area (Å²) in [6.07, 6.45) is -0.260. The maximum absolute atomic E-state index is 14.0. The number of aliphatic hydroxyl groups excluding tert-OH is 2. The largest absolute Gasteiger partial charge is 0.507 e. The molecule has 6 rings (SSSR count). The Hall–Kier alpha value is -4.61. The molecule has 5 N–H and O–H groups in total. The Morgan fingerprint density at radius 3 is 2.50 bits per heavy atom. The number of aromatic hydroxyl groups is 1. The van der Waals surface area contributed by atoms with Gasteiger partial charge in [-0.2, -0.15) is 0 Å². The first kappa shape index (κ1) is 27.6. The SMILES string of the molecule is C[C@@H](O)[C@@]12O[C@]13c1cc(O)c4c(c1NC2C#C/C=C\C#C[C@H]3O)C(=O)c1ccc(CNC(=O)OC(C)(C)C)cc1C4=O. The molecule has 2 heterocycles. The maximum Gasteiger partial charge on any atom is 0.407 e. The minimum absolute atomic E-state index is 0.0449. The van der Waals surface area contributed by atoms with Crippen LogP contribution in [0.5, 0.6) is 5.75 Å². The van der Waals surface area contributed by atoms with Gasteiger partial charge in [-0.05, 0) is 63.6 Å². The monoisotopic (exact) mass is 568 g/mol. The summed E-state index contributed by atoms with van der Waals surface area (Å²) in [5, 5.41) is 39.1. The van der Waals surface area contributed by atoms with Gasteiger partial charge in [0, 0.05) is 23.2 Å². The Morgan fingerprint density at radius 2 is 1.81 bits per heavy atom. The van der Waals surface area contributed by atoms with Crippen LogP contribution in [0.1, 0.15) is 70.7 Å². The molecule has 0 spiro atoms. The molecule has 42 heavy (non-hydrogen) atoms. The number of phenolic OH excluding ortho intramolecular Hbond substituents is 1. The summed E-state index contributed by atoms with van der Waals surface area (Å²) in [5.41, 5.74) is -2.98. The number of aliphatic hydroxyl groups is 2. The van der Waals surface area contributed by atoms with Crippen LogP contribution in [0.15, 0.2) is 36.4 Å². The van der Waals surface area contributed by atoms with Crippen LogP contribution in [0, 0.1) is 23.7 Å². The highest BCUT2D eigenvalue weighted by Crippen LogP contribution is 2.67. The lowest BCUT2D eigenvalue weighted by atomic mass is 9.69. The van der Waals surface area contributed by atoms with Crippen LogP contribution < -0.4 is 10.6 Å². The maximum atomic E-state index is 14.0. The van der Waals surface area contributed by atoms with Crippen molar-refractivity contribution in [3.8, 4) is 29.4 Å². The van der Waals surface area contributed by atoms with Crippen LogP contribution in [0.3, 0.4) is 0 Å². The molecule has 2 aliphatic heterocycles. The number of hydrogen-bond acceptors (Lipinski definition) is 9. The van der Waals surface area contributed by atoms with Gasteiger partial charge in [-0.25, -0.2) is 4.79 Å². The van der Waals surface area contributed by atoms with E-state index in [4.69, 9.17) is 9.47 Å². The zero-order valence-electron chi connectivity index (χ0n) is 23.3. The molecule has 1 amide bonds. The summed E-state index contributed by atoms with van der Waals surface area (Å²) in [7, 11) is 0. The lowest BCUT2D eigenvalue weighted by Gasteiger charge is -2.37. The van der Waals surface area contributed by atoms with E-state index in [-0.39, 0.29) is 40.0 Å². The molecule has 2 aliphatic carbocycles. The van der Waals surface area contributed by atoms with Gasteiger partial charge in [0.1, 0.15) is 17.4 Å². The van der Waals surface area contributed by atoms with E-state index in [9.17, 15) is 29.7 Å². The molecular formula is C32H28N2O8. The van der Waals surface area contributed by atoms with Gasteiger partial charge >= 0.3 is 6.09 Å². The van der Waals surface area contributed by atoms with Crippen molar-refractivity contribution in [3.05, 3.63) is 69.8 Å². The van der Waals surface area contributed by atoms with Gasteiger partial charge < -0.3 is 35.4 Å². The molecule has 1 unspecified atom stereocenters. The third-order valence-electron chi connectivity index (χ3n) is 7.86. The number of carbonyl (C=O) groups is 3. The smallest absolute Gasteiger partial charge is 0.407 e. The zero-order valence-corrected chi connectivity index (χ0v) is 23.3. The molecule has 0 radical (unpaired) electrons.